The zero-order valence-electron chi connectivity index (χ0n) is 12.8. The minimum absolute atomic E-state index is 0.694. The fourth-order valence-electron chi connectivity index (χ4n) is 3.39. The van der Waals surface area contributed by atoms with Crippen molar-refractivity contribution in [2.75, 3.05) is 13.2 Å². The van der Waals surface area contributed by atoms with Crippen LogP contribution < -0.4 is 0 Å². The Morgan fingerprint density at radius 1 is 1.20 bits per heavy atom. The van der Waals surface area contributed by atoms with E-state index in [1.165, 1.54) is 38.5 Å². The van der Waals surface area contributed by atoms with Gasteiger partial charge in [0.25, 0.3) is 0 Å². The van der Waals surface area contributed by atoms with E-state index in [2.05, 4.69) is 37.8 Å². The number of rotatable bonds is 7. The lowest BCUT2D eigenvalue weighted by Crippen LogP contribution is -2.18. The van der Waals surface area contributed by atoms with Crippen LogP contribution in [0, 0.1) is 5.92 Å². The lowest BCUT2D eigenvalue weighted by atomic mass is 9.77. The summed E-state index contributed by atoms with van der Waals surface area (Å²) in [4.78, 5) is 0. The largest absolute Gasteiger partial charge is 0.377 e. The topological polar surface area (TPSA) is 9.23 Å². The highest BCUT2D eigenvalue weighted by atomic mass is 16.5. The van der Waals surface area contributed by atoms with Gasteiger partial charge in [0.2, 0.25) is 0 Å². The van der Waals surface area contributed by atoms with Crippen molar-refractivity contribution in [1.82, 2.24) is 0 Å². The molecule has 1 fully saturated rings. The van der Waals surface area contributed by atoms with E-state index in [1.54, 1.807) is 11.1 Å². The zero-order valence-corrected chi connectivity index (χ0v) is 12.8. The molecule has 0 bridgehead atoms. The highest BCUT2D eigenvalue weighted by Gasteiger charge is 2.23. The summed E-state index contributed by atoms with van der Waals surface area (Å²) in [5.41, 5.74) is 3.18. The molecule has 0 spiro atoms. The average molecular weight is 272 g/mol. The van der Waals surface area contributed by atoms with Crippen LogP contribution in [0.25, 0.3) is 0 Å². The maximum absolute atomic E-state index is 5.61. The first-order valence-electron chi connectivity index (χ1n) is 8.11. The van der Waals surface area contributed by atoms with Crippen molar-refractivity contribution in [2.45, 2.75) is 51.4 Å². The second-order valence-corrected chi connectivity index (χ2v) is 5.99. The summed E-state index contributed by atoms with van der Waals surface area (Å²) in [6.45, 7) is 7.57. The Hall–Kier alpha value is -1.08. The van der Waals surface area contributed by atoms with Gasteiger partial charge in [-0.2, -0.15) is 0 Å². The van der Waals surface area contributed by atoms with Crippen LogP contribution in [-0.2, 0) is 11.2 Å². The second-order valence-electron chi connectivity index (χ2n) is 5.99. The molecule has 0 heterocycles. The van der Waals surface area contributed by atoms with E-state index in [4.69, 9.17) is 4.74 Å². The second kappa shape index (κ2) is 8.26. The third-order valence-electron chi connectivity index (χ3n) is 4.45. The molecule has 1 heteroatoms. The van der Waals surface area contributed by atoms with Crippen LogP contribution in [0.5, 0.6) is 0 Å². The Labute approximate surface area is 124 Å². The first-order chi connectivity index (χ1) is 9.85. The molecule has 0 radical (unpaired) electrons. The van der Waals surface area contributed by atoms with Crippen molar-refractivity contribution in [3.8, 4) is 0 Å². The fraction of sp³-hybridized carbons (Fsp3) is 0.579. The molecule has 1 saturated carbocycles. The van der Waals surface area contributed by atoms with Gasteiger partial charge in [0, 0.05) is 6.61 Å². The number of ether oxygens (including phenoxy) is 1. The third kappa shape index (κ3) is 4.21. The molecule has 0 saturated heterocycles. The number of hydrogen-bond donors (Lipinski definition) is 0. The molecule has 1 nitrogen and oxygen atoms in total. The van der Waals surface area contributed by atoms with Gasteiger partial charge in [0.15, 0.2) is 0 Å². The lowest BCUT2D eigenvalue weighted by molar-refractivity contribution is 0.102. The molecule has 0 atom stereocenters. The lowest BCUT2D eigenvalue weighted by Gasteiger charge is -2.29. The molecular formula is C19H28O. The van der Waals surface area contributed by atoms with E-state index in [1.807, 2.05) is 6.08 Å². The Kier molecular flexibility index (Phi) is 6.32. The summed E-state index contributed by atoms with van der Waals surface area (Å²) in [7, 11) is 0. The highest BCUT2D eigenvalue weighted by Crippen LogP contribution is 2.37. The van der Waals surface area contributed by atoms with Gasteiger partial charge in [-0.1, -0.05) is 43.7 Å². The van der Waals surface area contributed by atoms with Crippen molar-refractivity contribution in [3.05, 3.63) is 48.0 Å². The van der Waals surface area contributed by atoms with Crippen LogP contribution >= 0.6 is 0 Å². The molecule has 0 aliphatic heterocycles. The Balaban J connectivity index is 1.88. The number of aryl methyl sites for hydroxylation is 1. The van der Waals surface area contributed by atoms with Gasteiger partial charge in [0.05, 0.1) is 6.61 Å². The van der Waals surface area contributed by atoms with E-state index < -0.39 is 0 Å². The molecule has 0 N–H and O–H groups in total. The maximum atomic E-state index is 5.61. The summed E-state index contributed by atoms with van der Waals surface area (Å²) in [6.07, 6.45) is 9.56. The first kappa shape index (κ1) is 15.3. The average Bonchev–Trinajstić information content (AvgIpc) is 2.49. The SMILES string of the molecule is C=CCOCC1CCC(c2ccccc2CCC)CC1. The van der Waals surface area contributed by atoms with Crippen LogP contribution in [0.3, 0.4) is 0 Å². The van der Waals surface area contributed by atoms with Gasteiger partial charge in [-0.3, -0.25) is 0 Å². The summed E-state index contributed by atoms with van der Waals surface area (Å²) in [6, 6.07) is 9.05. The van der Waals surface area contributed by atoms with Crippen molar-refractivity contribution in [3.63, 3.8) is 0 Å². The quantitative estimate of drug-likeness (QED) is 0.495. The Bertz CT molecular complexity index is 402. The summed E-state index contributed by atoms with van der Waals surface area (Å²) >= 11 is 0. The standard InChI is InChI=1S/C19H28O/c1-3-7-17-8-5-6-9-19(17)18-12-10-16(11-13-18)15-20-14-4-2/h4-6,8-9,16,18H,2-3,7,10-15H2,1H3. The first-order valence-corrected chi connectivity index (χ1v) is 8.11. The molecule has 0 aromatic heterocycles. The predicted molar refractivity (Wildman–Crippen MR) is 86.2 cm³/mol. The van der Waals surface area contributed by atoms with E-state index in [0.29, 0.717) is 6.61 Å². The van der Waals surface area contributed by atoms with Gasteiger partial charge in [-0.25, -0.2) is 0 Å². The monoisotopic (exact) mass is 272 g/mol. The van der Waals surface area contributed by atoms with E-state index in [-0.39, 0.29) is 0 Å². The van der Waals surface area contributed by atoms with Crippen LogP contribution in [0.1, 0.15) is 56.1 Å². The molecule has 0 amide bonds. The highest BCUT2D eigenvalue weighted by molar-refractivity contribution is 5.31. The molecule has 1 aliphatic rings. The minimum atomic E-state index is 0.694. The smallest absolute Gasteiger partial charge is 0.0644 e. The summed E-state index contributed by atoms with van der Waals surface area (Å²) in [5.74, 6) is 1.53. The zero-order chi connectivity index (χ0) is 14.2. The van der Waals surface area contributed by atoms with Crippen molar-refractivity contribution < 1.29 is 4.74 Å². The van der Waals surface area contributed by atoms with Crippen molar-refractivity contribution >= 4 is 0 Å². The van der Waals surface area contributed by atoms with Gasteiger partial charge in [-0.05, 0) is 55.1 Å². The van der Waals surface area contributed by atoms with Gasteiger partial charge in [0.1, 0.15) is 0 Å². The normalized spacial score (nSPS) is 22.6. The van der Waals surface area contributed by atoms with Crippen molar-refractivity contribution in [1.29, 1.82) is 0 Å². The molecule has 2 rings (SSSR count). The van der Waals surface area contributed by atoms with Crippen LogP contribution in [0.2, 0.25) is 0 Å². The Morgan fingerprint density at radius 3 is 2.65 bits per heavy atom. The van der Waals surface area contributed by atoms with E-state index >= 15 is 0 Å². The van der Waals surface area contributed by atoms with Crippen LogP contribution in [-0.4, -0.2) is 13.2 Å². The molecule has 1 aliphatic carbocycles. The summed E-state index contributed by atoms with van der Waals surface area (Å²) < 4.78 is 5.61. The number of hydrogen-bond acceptors (Lipinski definition) is 1. The van der Waals surface area contributed by atoms with Gasteiger partial charge in [-0.15, -0.1) is 6.58 Å². The molecular weight excluding hydrogens is 244 g/mol. The van der Waals surface area contributed by atoms with Crippen molar-refractivity contribution in [2.24, 2.45) is 5.92 Å². The van der Waals surface area contributed by atoms with E-state index in [0.717, 1.165) is 18.4 Å². The molecule has 1 aromatic carbocycles. The van der Waals surface area contributed by atoms with Gasteiger partial charge >= 0.3 is 0 Å². The minimum Gasteiger partial charge on any atom is -0.377 e. The molecule has 1 aromatic rings. The number of benzene rings is 1. The Morgan fingerprint density at radius 2 is 1.95 bits per heavy atom. The van der Waals surface area contributed by atoms with Crippen LogP contribution in [0.15, 0.2) is 36.9 Å². The predicted octanol–water partition coefficient (Wildman–Crippen LogP) is 5.12. The molecule has 110 valence electrons. The summed E-state index contributed by atoms with van der Waals surface area (Å²) in [5, 5.41) is 0. The van der Waals surface area contributed by atoms with E-state index in [9.17, 15) is 0 Å². The van der Waals surface area contributed by atoms with Crippen LogP contribution in [0.4, 0.5) is 0 Å². The molecule has 0 unspecified atom stereocenters. The third-order valence-corrected chi connectivity index (χ3v) is 4.45. The van der Waals surface area contributed by atoms with Gasteiger partial charge < -0.3 is 4.74 Å². The fourth-order valence-corrected chi connectivity index (χ4v) is 3.39. The maximum Gasteiger partial charge on any atom is 0.0644 e. The molecule has 20 heavy (non-hydrogen) atoms.